The first-order chi connectivity index (χ1) is 11.2. The molecule has 1 heterocycles. The molecule has 23 heavy (non-hydrogen) atoms. The molecule has 0 radical (unpaired) electrons. The molecule has 0 bridgehead atoms. The summed E-state index contributed by atoms with van der Waals surface area (Å²) in [4.78, 5) is 11.9. The molecule has 6 heteroatoms. The number of benzene rings is 2. The van der Waals surface area contributed by atoms with Crippen LogP contribution >= 0.6 is 11.6 Å². The molecule has 116 valence electrons. The molecule has 0 saturated heterocycles. The number of nitrogens with one attached hydrogen (secondary N) is 1. The normalized spacial score (nSPS) is 10.5. The molecule has 0 aliphatic carbocycles. The third kappa shape index (κ3) is 4.17. The van der Waals surface area contributed by atoms with E-state index in [2.05, 4.69) is 15.5 Å². The maximum atomic E-state index is 11.9. The summed E-state index contributed by atoms with van der Waals surface area (Å²) in [6.45, 7) is 0.402. The second-order valence-corrected chi connectivity index (χ2v) is 5.39. The van der Waals surface area contributed by atoms with Gasteiger partial charge in [0.05, 0.1) is 0 Å². The van der Waals surface area contributed by atoms with E-state index in [1.165, 1.54) is 0 Å². The van der Waals surface area contributed by atoms with E-state index in [4.69, 9.17) is 16.0 Å². The Morgan fingerprint density at radius 2 is 1.91 bits per heavy atom. The first-order valence-corrected chi connectivity index (χ1v) is 7.47. The van der Waals surface area contributed by atoms with Crippen LogP contribution in [-0.2, 0) is 17.8 Å². The van der Waals surface area contributed by atoms with Gasteiger partial charge in [-0.1, -0.05) is 41.9 Å². The summed E-state index contributed by atoms with van der Waals surface area (Å²) < 4.78 is 5.51. The summed E-state index contributed by atoms with van der Waals surface area (Å²) >= 11 is 5.90. The lowest BCUT2D eigenvalue weighted by Gasteiger charge is -2.04. The molecule has 0 saturated carbocycles. The number of hydrogen-bond donors (Lipinski definition) is 1. The maximum absolute atomic E-state index is 11.9. The second kappa shape index (κ2) is 7.07. The van der Waals surface area contributed by atoms with Crippen molar-refractivity contribution in [1.29, 1.82) is 0 Å². The molecule has 0 aliphatic rings. The number of amides is 1. The summed E-state index contributed by atoms with van der Waals surface area (Å²) in [5.74, 6) is 0.504. The van der Waals surface area contributed by atoms with E-state index in [1.807, 2.05) is 48.5 Å². The summed E-state index contributed by atoms with van der Waals surface area (Å²) in [5.41, 5.74) is 1.76. The van der Waals surface area contributed by atoms with Gasteiger partial charge in [-0.25, -0.2) is 0 Å². The fourth-order valence-electron chi connectivity index (χ4n) is 2.07. The lowest BCUT2D eigenvalue weighted by Crippen LogP contribution is -2.24. The molecule has 0 fully saturated rings. The average Bonchev–Trinajstić information content (AvgIpc) is 3.02. The van der Waals surface area contributed by atoms with E-state index >= 15 is 0 Å². The van der Waals surface area contributed by atoms with Crippen molar-refractivity contribution < 1.29 is 9.21 Å². The quantitative estimate of drug-likeness (QED) is 0.781. The molecule has 1 aromatic heterocycles. The van der Waals surface area contributed by atoms with E-state index in [0.717, 1.165) is 11.1 Å². The highest BCUT2D eigenvalue weighted by atomic mass is 35.5. The monoisotopic (exact) mass is 327 g/mol. The van der Waals surface area contributed by atoms with Crippen molar-refractivity contribution in [3.8, 4) is 11.5 Å². The van der Waals surface area contributed by atoms with Gasteiger partial charge in [-0.2, -0.15) is 0 Å². The molecule has 3 rings (SSSR count). The molecule has 1 N–H and O–H groups in total. The van der Waals surface area contributed by atoms with Gasteiger partial charge >= 0.3 is 0 Å². The van der Waals surface area contributed by atoms with E-state index < -0.39 is 0 Å². The van der Waals surface area contributed by atoms with Gasteiger partial charge in [0, 0.05) is 17.1 Å². The number of carbonyl (C=O) groups excluding carboxylic acids is 1. The van der Waals surface area contributed by atoms with Crippen LogP contribution in [0.15, 0.2) is 59.0 Å². The first kappa shape index (κ1) is 15.2. The minimum atomic E-state index is -0.187. The van der Waals surface area contributed by atoms with E-state index in [0.29, 0.717) is 17.5 Å². The molecule has 5 nitrogen and oxygen atoms in total. The first-order valence-electron chi connectivity index (χ1n) is 7.09. The zero-order valence-electron chi connectivity index (χ0n) is 12.2. The molecule has 0 spiro atoms. The Kier molecular flexibility index (Phi) is 4.68. The molecule has 2 aromatic carbocycles. The zero-order valence-corrected chi connectivity index (χ0v) is 13.0. The maximum Gasteiger partial charge on any atom is 0.247 e. The number of aromatic nitrogens is 2. The van der Waals surface area contributed by atoms with Crippen LogP contribution in [0.2, 0.25) is 5.02 Å². The predicted molar refractivity (Wildman–Crippen MR) is 86.7 cm³/mol. The summed E-state index contributed by atoms with van der Waals surface area (Å²) in [6, 6.07) is 16.8. The summed E-state index contributed by atoms with van der Waals surface area (Å²) in [6.07, 6.45) is 0.0421. The van der Waals surface area contributed by atoms with Crippen LogP contribution in [-0.4, -0.2) is 16.1 Å². The van der Waals surface area contributed by atoms with Gasteiger partial charge in [0.2, 0.25) is 17.7 Å². The van der Waals surface area contributed by atoms with Crippen molar-refractivity contribution in [2.24, 2.45) is 0 Å². The topological polar surface area (TPSA) is 68.0 Å². The van der Waals surface area contributed by atoms with Crippen LogP contribution in [0.5, 0.6) is 0 Å². The van der Waals surface area contributed by atoms with Gasteiger partial charge < -0.3 is 9.73 Å². The lowest BCUT2D eigenvalue weighted by atomic mass is 10.2. The summed E-state index contributed by atoms with van der Waals surface area (Å²) in [5, 5.41) is 11.3. The Balaban J connectivity index is 1.57. The highest BCUT2D eigenvalue weighted by molar-refractivity contribution is 6.30. The highest BCUT2D eigenvalue weighted by Crippen LogP contribution is 2.17. The van der Waals surface area contributed by atoms with Crippen molar-refractivity contribution in [2.45, 2.75) is 13.0 Å². The van der Waals surface area contributed by atoms with Crippen molar-refractivity contribution in [2.75, 3.05) is 0 Å². The van der Waals surface area contributed by atoms with E-state index in [-0.39, 0.29) is 18.2 Å². The van der Waals surface area contributed by atoms with Crippen molar-refractivity contribution >= 4 is 17.5 Å². The number of halogens is 1. The summed E-state index contributed by atoms with van der Waals surface area (Å²) in [7, 11) is 0. The molecule has 3 aromatic rings. The molecule has 1 amide bonds. The van der Waals surface area contributed by atoms with Gasteiger partial charge in [0.25, 0.3) is 0 Å². The largest absolute Gasteiger partial charge is 0.420 e. The molecular weight excluding hydrogens is 314 g/mol. The Hall–Kier alpha value is -2.66. The van der Waals surface area contributed by atoms with Gasteiger partial charge in [-0.15, -0.1) is 10.2 Å². The third-order valence-corrected chi connectivity index (χ3v) is 3.41. The van der Waals surface area contributed by atoms with Crippen molar-refractivity contribution in [3.63, 3.8) is 0 Å². The van der Waals surface area contributed by atoms with E-state index in [1.54, 1.807) is 6.07 Å². The smallest absolute Gasteiger partial charge is 0.247 e. The van der Waals surface area contributed by atoms with Crippen LogP contribution < -0.4 is 5.32 Å². The van der Waals surface area contributed by atoms with Crippen molar-refractivity contribution in [1.82, 2.24) is 15.5 Å². The minimum absolute atomic E-state index is 0.0421. The standard InChI is InChI=1S/C17H14ClN3O2/c18-14-8-4-5-12(9-14)11-19-15(22)10-16-20-21-17(23-16)13-6-2-1-3-7-13/h1-9H,10-11H2,(H,19,22). The van der Waals surface area contributed by atoms with Crippen LogP contribution in [0.4, 0.5) is 0 Å². The molecular formula is C17H14ClN3O2. The number of carbonyl (C=O) groups is 1. The van der Waals surface area contributed by atoms with Crippen LogP contribution in [0.3, 0.4) is 0 Å². The Morgan fingerprint density at radius 3 is 2.70 bits per heavy atom. The molecule has 0 atom stereocenters. The Morgan fingerprint density at radius 1 is 1.09 bits per heavy atom. The number of nitrogens with zero attached hydrogens (tertiary/aromatic N) is 2. The fourth-order valence-corrected chi connectivity index (χ4v) is 2.28. The molecule has 0 aliphatic heterocycles. The third-order valence-electron chi connectivity index (χ3n) is 3.18. The van der Waals surface area contributed by atoms with E-state index in [9.17, 15) is 4.79 Å². The van der Waals surface area contributed by atoms with Gasteiger partial charge in [-0.05, 0) is 29.8 Å². The Bertz CT molecular complexity index is 802. The van der Waals surface area contributed by atoms with Crippen LogP contribution in [0.25, 0.3) is 11.5 Å². The lowest BCUT2D eigenvalue weighted by molar-refractivity contribution is -0.120. The highest BCUT2D eigenvalue weighted by Gasteiger charge is 2.12. The minimum Gasteiger partial charge on any atom is -0.420 e. The predicted octanol–water partition coefficient (Wildman–Crippen LogP) is 3.25. The van der Waals surface area contributed by atoms with Gasteiger partial charge in [0.1, 0.15) is 6.42 Å². The fraction of sp³-hybridized carbons (Fsp3) is 0.118. The van der Waals surface area contributed by atoms with Crippen molar-refractivity contribution in [3.05, 3.63) is 71.1 Å². The number of rotatable bonds is 5. The molecule has 0 unspecified atom stereocenters. The SMILES string of the molecule is O=C(Cc1nnc(-c2ccccc2)o1)NCc1cccc(Cl)c1. The van der Waals surface area contributed by atoms with Crippen LogP contribution in [0.1, 0.15) is 11.5 Å². The Labute approximate surface area is 138 Å². The average molecular weight is 328 g/mol. The number of hydrogen-bond acceptors (Lipinski definition) is 4. The van der Waals surface area contributed by atoms with Crippen LogP contribution in [0, 0.1) is 0 Å². The van der Waals surface area contributed by atoms with Gasteiger partial charge in [0.15, 0.2) is 0 Å². The second-order valence-electron chi connectivity index (χ2n) is 4.95. The zero-order chi connectivity index (χ0) is 16.1. The van der Waals surface area contributed by atoms with Gasteiger partial charge in [-0.3, -0.25) is 4.79 Å².